The lowest BCUT2D eigenvalue weighted by molar-refractivity contribution is -0.152. The molecule has 0 saturated carbocycles. The van der Waals surface area contributed by atoms with E-state index >= 15 is 0 Å². The lowest BCUT2D eigenvalue weighted by Crippen LogP contribution is -2.42. The van der Waals surface area contributed by atoms with Crippen molar-refractivity contribution < 1.29 is 33.1 Å². The summed E-state index contributed by atoms with van der Waals surface area (Å²) in [6.07, 6.45) is 2.46. The number of likely N-dealkylation sites (tertiary alicyclic amines) is 1. The fraction of sp³-hybridized carbons (Fsp3) is 0.364. The summed E-state index contributed by atoms with van der Waals surface area (Å²) in [5.74, 6) is -1.53. The molecule has 3 rings (SSSR count). The number of rotatable bonds is 8. The van der Waals surface area contributed by atoms with Crippen molar-refractivity contribution in [1.82, 2.24) is 10.2 Å². The smallest absolute Gasteiger partial charge is 0.329 e. The van der Waals surface area contributed by atoms with Crippen LogP contribution in [0.25, 0.3) is 0 Å². The highest BCUT2D eigenvalue weighted by Gasteiger charge is 2.36. The van der Waals surface area contributed by atoms with Crippen LogP contribution in [0.15, 0.2) is 41.0 Å². The Kier molecular flexibility index (Phi) is 7.48. The Bertz CT molecular complexity index is 987. The summed E-state index contributed by atoms with van der Waals surface area (Å²) in [5, 5.41) is 5.05. The fourth-order valence-electron chi connectivity index (χ4n) is 3.37. The van der Waals surface area contributed by atoms with Gasteiger partial charge in [0, 0.05) is 6.54 Å². The van der Waals surface area contributed by atoms with E-state index in [1.165, 1.54) is 24.3 Å². The Balaban J connectivity index is 1.44. The molecule has 10 heteroatoms. The van der Waals surface area contributed by atoms with Crippen LogP contribution in [0.2, 0.25) is 0 Å². The third-order valence-electron chi connectivity index (χ3n) is 4.94. The molecule has 32 heavy (non-hydrogen) atoms. The van der Waals surface area contributed by atoms with Crippen molar-refractivity contribution in [2.45, 2.75) is 25.8 Å². The van der Waals surface area contributed by atoms with Crippen molar-refractivity contribution in [1.29, 1.82) is 0 Å². The van der Waals surface area contributed by atoms with Crippen LogP contribution in [0.1, 0.15) is 29.0 Å². The third kappa shape index (κ3) is 5.65. The first-order valence-corrected chi connectivity index (χ1v) is 10.1. The van der Waals surface area contributed by atoms with Crippen LogP contribution in [0.4, 0.5) is 5.69 Å². The molecule has 0 bridgehead atoms. The van der Waals surface area contributed by atoms with Crippen molar-refractivity contribution >= 4 is 29.4 Å². The van der Waals surface area contributed by atoms with Gasteiger partial charge in [-0.3, -0.25) is 14.4 Å². The number of furan rings is 1. The first-order valence-electron chi connectivity index (χ1n) is 10.1. The number of hydrogen-bond acceptors (Lipinski definition) is 7. The summed E-state index contributed by atoms with van der Waals surface area (Å²) in [6.45, 7) is 1.41. The molecule has 170 valence electrons. The van der Waals surface area contributed by atoms with Gasteiger partial charge in [-0.05, 0) is 49.6 Å². The van der Waals surface area contributed by atoms with Crippen molar-refractivity contribution in [3.63, 3.8) is 0 Å². The molecule has 2 heterocycles. The standard InChI is InChI=1S/C22H25N3O7/c1-14-7-8-17(30-2)15(11-14)24-19(26)12-23-20(27)13-32-22(29)16-5-3-9-25(16)21(28)18-6-4-10-31-18/h4,6-8,10-11,16H,3,5,9,12-13H2,1-2H3,(H,23,27)(H,24,26). The number of ether oxygens (including phenoxy) is 2. The summed E-state index contributed by atoms with van der Waals surface area (Å²) in [6, 6.07) is 7.65. The zero-order valence-corrected chi connectivity index (χ0v) is 17.9. The van der Waals surface area contributed by atoms with E-state index in [4.69, 9.17) is 13.9 Å². The Hall–Kier alpha value is -3.82. The van der Waals surface area contributed by atoms with Crippen molar-refractivity contribution in [3.8, 4) is 5.75 Å². The van der Waals surface area contributed by atoms with Gasteiger partial charge in [-0.25, -0.2) is 4.79 Å². The molecule has 10 nitrogen and oxygen atoms in total. The fourth-order valence-corrected chi connectivity index (χ4v) is 3.37. The molecular formula is C22H25N3O7. The highest BCUT2D eigenvalue weighted by Crippen LogP contribution is 2.25. The maximum Gasteiger partial charge on any atom is 0.329 e. The molecule has 1 aliphatic heterocycles. The van der Waals surface area contributed by atoms with E-state index in [1.807, 2.05) is 13.0 Å². The molecule has 1 aromatic carbocycles. The van der Waals surface area contributed by atoms with Gasteiger partial charge in [-0.1, -0.05) is 6.07 Å². The molecule has 0 spiro atoms. The SMILES string of the molecule is COc1ccc(C)cc1NC(=O)CNC(=O)COC(=O)C1CCCN1C(=O)c1ccco1. The van der Waals surface area contributed by atoms with E-state index in [2.05, 4.69) is 10.6 Å². The average molecular weight is 443 g/mol. The van der Waals surface area contributed by atoms with E-state index < -0.39 is 36.3 Å². The Morgan fingerprint density at radius 2 is 2.00 bits per heavy atom. The Labute approximate surface area is 184 Å². The third-order valence-corrected chi connectivity index (χ3v) is 4.94. The molecule has 1 aromatic heterocycles. The first-order chi connectivity index (χ1) is 15.4. The largest absolute Gasteiger partial charge is 0.495 e. The Morgan fingerprint density at radius 3 is 2.72 bits per heavy atom. The number of benzene rings is 1. The number of aryl methyl sites for hydroxylation is 1. The van der Waals surface area contributed by atoms with Gasteiger partial charge in [-0.2, -0.15) is 0 Å². The van der Waals surface area contributed by atoms with E-state index in [0.717, 1.165) is 5.56 Å². The minimum absolute atomic E-state index is 0.138. The second-order valence-electron chi connectivity index (χ2n) is 7.27. The average Bonchev–Trinajstić information content (AvgIpc) is 3.48. The minimum atomic E-state index is -0.780. The highest BCUT2D eigenvalue weighted by atomic mass is 16.5. The number of nitrogens with zero attached hydrogens (tertiary/aromatic N) is 1. The molecule has 0 radical (unpaired) electrons. The summed E-state index contributed by atoms with van der Waals surface area (Å²) >= 11 is 0. The van der Waals surface area contributed by atoms with Gasteiger partial charge in [0.2, 0.25) is 5.91 Å². The maximum atomic E-state index is 12.4. The van der Waals surface area contributed by atoms with Gasteiger partial charge in [0.1, 0.15) is 11.8 Å². The number of nitrogens with one attached hydrogen (secondary N) is 2. The number of esters is 1. The topological polar surface area (TPSA) is 127 Å². The lowest BCUT2D eigenvalue weighted by atomic mass is 10.2. The predicted molar refractivity (Wildman–Crippen MR) is 113 cm³/mol. The van der Waals surface area contributed by atoms with Crippen LogP contribution >= 0.6 is 0 Å². The molecule has 3 amide bonds. The minimum Gasteiger partial charge on any atom is -0.495 e. The maximum absolute atomic E-state index is 12.4. The molecule has 1 unspecified atom stereocenters. The van der Waals surface area contributed by atoms with Gasteiger partial charge >= 0.3 is 5.97 Å². The number of anilines is 1. The van der Waals surface area contributed by atoms with E-state index in [9.17, 15) is 19.2 Å². The molecule has 1 saturated heterocycles. The molecule has 0 aliphatic carbocycles. The molecule has 1 fully saturated rings. The summed E-state index contributed by atoms with van der Waals surface area (Å²) in [4.78, 5) is 50.4. The molecule has 1 atom stereocenters. The zero-order chi connectivity index (χ0) is 23.1. The van der Waals surface area contributed by atoms with E-state index in [1.54, 1.807) is 18.2 Å². The van der Waals surface area contributed by atoms with E-state index in [-0.39, 0.29) is 12.3 Å². The second kappa shape index (κ2) is 10.5. The monoisotopic (exact) mass is 443 g/mol. The van der Waals surface area contributed by atoms with E-state index in [0.29, 0.717) is 30.8 Å². The van der Waals surface area contributed by atoms with Gasteiger partial charge < -0.3 is 29.4 Å². The van der Waals surface area contributed by atoms with Crippen LogP contribution in [0.5, 0.6) is 5.75 Å². The number of carbonyl (C=O) groups excluding carboxylic acids is 4. The number of amides is 3. The van der Waals surface area contributed by atoms with Gasteiger partial charge in [0.05, 0.1) is 25.6 Å². The van der Waals surface area contributed by atoms with Gasteiger partial charge in [-0.15, -0.1) is 0 Å². The first kappa shape index (κ1) is 22.9. The number of carbonyl (C=O) groups is 4. The zero-order valence-electron chi connectivity index (χ0n) is 17.9. The molecular weight excluding hydrogens is 418 g/mol. The van der Waals surface area contributed by atoms with Crippen LogP contribution in [0, 0.1) is 6.92 Å². The number of methoxy groups -OCH3 is 1. The van der Waals surface area contributed by atoms with Gasteiger partial charge in [0.25, 0.3) is 11.8 Å². The van der Waals surface area contributed by atoms with Gasteiger partial charge in [0.15, 0.2) is 12.4 Å². The normalized spacial score (nSPS) is 15.2. The van der Waals surface area contributed by atoms with Crippen LogP contribution in [-0.4, -0.2) is 61.4 Å². The van der Waals surface area contributed by atoms with Crippen molar-refractivity contribution in [3.05, 3.63) is 47.9 Å². The predicted octanol–water partition coefficient (Wildman–Crippen LogP) is 1.50. The Morgan fingerprint density at radius 1 is 1.19 bits per heavy atom. The van der Waals surface area contributed by atoms with Crippen molar-refractivity contribution in [2.75, 3.05) is 32.1 Å². The van der Waals surface area contributed by atoms with Crippen LogP contribution < -0.4 is 15.4 Å². The molecule has 1 aliphatic rings. The molecule has 2 aromatic rings. The lowest BCUT2D eigenvalue weighted by Gasteiger charge is -2.22. The van der Waals surface area contributed by atoms with Crippen molar-refractivity contribution in [2.24, 2.45) is 0 Å². The molecule has 2 N–H and O–H groups in total. The summed E-state index contributed by atoms with van der Waals surface area (Å²) in [7, 11) is 1.49. The number of hydrogen-bond donors (Lipinski definition) is 2. The quantitative estimate of drug-likeness (QED) is 0.592. The second-order valence-corrected chi connectivity index (χ2v) is 7.27. The van der Waals surface area contributed by atoms with Crippen LogP contribution in [-0.2, 0) is 19.1 Å². The van der Waals surface area contributed by atoms with Crippen LogP contribution in [0.3, 0.4) is 0 Å². The summed E-state index contributed by atoms with van der Waals surface area (Å²) in [5.41, 5.74) is 1.42. The highest BCUT2D eigenvalue weighted by molar-refractivity contribution is 5.97. The summed E-state index contributed by atoms with van der Waals surface area (Å²) < 4.78 is 15.4.